The van der Waals surface area contributed by atoms with Crippen LogP contribution in [0.5, 0.6) is 0 Å². The Labute approximate surface area is 105 Å². The molecule has 0 saturated heterocycles. The van der Waals surface area contributed by atoms with Crippen molar-refractivity contribution in [2.75, 3.05) is 0 Å². The lowest BCUT2D eigenvalue weighted by atomic mass is 9.46. The molecular weight excluding hydrogens is 208 g/mol. The van der Waals surface area contributed by atoms with Crippen molar-refractivity contribution < 1.29 is 4.79 Å². The monoisotopic (exact) mass is 234 g/mol. The SMILES string of the molecule is CC12CCC(=O)C1C1CCCCCCCCC12. The van der Waals surface area contributed by atoms with Gasteiger partial charge in [-0.3, -0.25) is 4.79 Å². The van der Waals surface area contributed by atoms with Crippen LogP contribution in [0.15, 0.2) is 0 Å². The van der Waals surface area contributed by atoms with E-state index in [0.29, 0.717) is 17.1 Å². The van der Waals surface area contributed by atoms with Gasteiger partial charge in [0.05, 0.1) is 0 Å². The zero-order valence-corrected chi connectivity index (χ0v) is 11.2. The second-order valence-corrected chi connectivity index (χ2v) is 6.92. The van der Waals surface area contributed by atoms with Crippen molar-refractivity contribution in [2.45, 2.75) is 71.1 Å². The summed E-state index contributed by atoms with van der Waals surface area (Å²) in [5.41, 5.74) is 0.418. The average Bonchev–Trinajstić information content (AvgIpc) is 2.57. The lowest BCUT2D eigenvalue weighted by Crippen LogP contribution is -2.54. The Kier molecular flexibility index (Phi) is 3.04. The Morgan fingerprint density at radius 1 is 1.00 bits per heavy atom. The second-order valence-electron chi connectivity index (χ2n) is 6.92. The number of fused-ring (bicyclic) bond motifs is 4. The van der Waals surface area contributed by atoms with Crippen molar-refractivity contribution in [1.29, 1.82) is 0 Å². The van der Waals surface area contributed by atoms with Gasteiger partial charge >= 0.3 is 0 Å². The van der Waals surface area contributed by atoms with Gasteiger partial charge in [-0.1, -0.05) is 45.4 Å². The maximum Gasteiger partial charge on any atom is 0.136 e. The summed E-state index contributed by atoms with van der Waals surface area (Å²) >= 11 is 0. The molecule has 4 atom stereocenters. The van der Waals surface area contributed by atoms with Gasteiger partial charge in [0, 0.05) is 12.3 Å². The minimum absolute atomic E-state index is 0.418. The first kappa shape index (κ1) is 11.7. The standard InChI is InChI=1S/C16H26O/c1-16-11-10-14(17)15(16)12-8-6-4-2-3-5-7-9-13(12)16/h12-13,15H,2-11H2,1H3. The third kappa shape index (κ3) is 1.77. The predicted octanol–water partition coefficient (Wildman–Crippen LogP) is 4.35. The normalized spacial score (nSPS) is 46.9. The average molecular weight is 234 g/mol. The molecule has 4 unspecified atom stereocenters. The molecule has 0 aromatic rings. The highest BCUT2D eigenvalue weighted by atomic mass is 16.1. The van der Waals surface area contributed by atoms with E-state index in [4.69, 9.17) is 0 Å². The summed E-state index contributed by atoms with van der Waals surface area (Å²) in [5.74, 6) is 2.72. The number of hydrogen-bond acceptors (Lipinski definition) is 1. The van der Waals surface area contributed by atoms with Crippen molar-refractivity contribution >= 4 is 5.78 Å². The van der Waals surface area contributed by atoms with E-state index < -0.39 is 0 Å². The van der Waals surface area contributed by atoms with Gasteiger partial charge in [-0.05, 0) is 36.5 Å². The summed E-state index contributed by atoms with van der Waals surface area (Å²) < 4.78 is 0. The van der Waals surface area contributed by atoms with Gasteiger partial charge in [-0.15, -0.1) is 0 Å². The molecule has 0 aliphatic heterocycles. The van der Waals surface area contributed by atoms with Crippen LogP contribution in [0.4, 0.5) is 0 Å². The van der Waals surface area contributed by atoms with Crippen LogP contribution in [0.3, 0.4) is 0 Å². The first-order chi connectivity index (χ1) is 8.23. The second kappa shape index (κ2) is 4.40. The molecule has 0 heterocycles. The Morgan fingerprint density at radius 3 is 2.41 bits per heavy atom. The zero-order chi connectivity index (χ0) is 11.9. The van der Waals surface area contributed by atoms with Crippen LogP contribution in [-0.4, -0.2) is 5.78 Å². The molecule has 3 rings (SSSR count). The Morgan fingerprint density at radius 2 is 1.65 bits per heavy atom. The molecule has 0 aromatic carbocycles. The molecule has 3 aliphatic carbocycles. The fourth-order valence-corrected chi connectivity index (χ4v) is 5.18. The topological polar surface area (TPSA) is 17.1 Å². The van der Waals surface area contributed by atoms with Gasteiger partial charge in [0.1, 0.15) is 5.78 Å². The molecule has 0 radical (unpaired) electrons. The van der Waals surface area contributed by atoms with Crippen LogP contribution in [0, 0.1) is 23.2 Å². The van der Waals surface area contributed by atoms with Crippen LogP contribution in [0.25, 0.3) is 0 Å². The minimum atomic E-state index is 0.418. The quantitative estimate of drug-likeness (QED) is 0.609. The van der Waals surface area contributed by atoms with Gasteiger partial charge in [-0.25, -0.2) is 0 Å². The zero-order valence-electron chi connectivity index (χ0n) is 11.2. The molecule has 1 nitrogen and oxygen atoms in total. The molecule has 0 amide bonds. The third-order valence-corrected chi connectivity index (χ3v) is 6.06. The van der Waals surface area contributed by atoms with Crippen LogP contribution in [-0.2, 0) is 4.79 Å². The van der Waals surface area contributed by atoms with E-state index >= 15 is 0 Å². The summed E-state index contributed by atoms with van der Waals surface area (Å²) in [5, 5.41) is 0. The van der Waals surface area contributed by atoms with E-state index in [9.17, 15) is 4.79 Å². The number of hydrogen-bond donors (Lipinski definition) is 0. The molecule has 1 heteroatoms. The first-order valence-corrected chi connectivity index (χ1v) is 7.76. The number of rotatable bonds is 0. The van der Waals surface area contributed by atoms with Crippen molar-refractivity contribution in [2.24, 2.45) is 23.2 Å². The highest BCUT2D eigenvalue weighted by Gasteiger charge is 2.63. The summed E-state index contributed by atoms with van der Waals surface area (Å²) in [4.78, 5) is 12.0. The summed E-state index contributed by atoms with van der Waals surface area (Å²) in [6, 6.07) is 0. The van der Waals surface area contributed by atoms with Gasteiger partial charge in [-0.2, -0.15) is 0 Å². The number of ketones is 1. The molecule has 0 bridgehead atoms. The number of carbonyl (C=O) groups is 1. The third-order valence-electron chi connectivity index (χ3n) is 6.06. The lowest BCUT2D eigenvalue weighted by Gasteiger charge is -2.57. The van der Waals surface area contributed by atoms with Crippen molar-refractivity contribution in [1.82, 2.24) is 0 Å². The highest BCUT2D eigenvalue weighted by Crippen LogP contribution is 2.65. The van der Waals surface area contributed by atoms with Crippen LogP contribution in [0.1, 0.15) is 71.1 Å². The molecule has 0 aromatic heterocycles. The van der Waals surface area contributed by atoms with Crippen LogP contribution in [0.2, 0.25) is 0 Å². The maximum atomic E-state index is 12.0. The van der Waals surface area contributed by atoms with Crippen molar-refractivity contribution in [3.8, 4) is 0 Å². The van der Waals surface area contributed by atoms with Gasteiger partial charge in [0.15, 0.2) is 0 Å². The van der Waals surface area contributed by atoms with Crippen LogP contribution < -0.4 is 0 Å². The first-order valence-electron chi connectivity index (χ1n) is 7.76. The Hall–Kier alpha value is -0.330. The Balaban J connectivity index is 1.74. The van der Waals surface area contributed by atoms with E-state index in [1.165, 1.54) is 57.8 Å². The molecular formula is C16H26O. The summed E-state index contributed by atoms with van der Waals surface area (Å²) in [6.07, 6.45) is 13.3. The number of Topliss-reactive ketones (excluding diaryl/α,β-unsaturated/α-hetero) is 1. The maximum absolute atomic E-state index is 12.0. The number of carbonyl (C=O) groups excluding carboxylic acids is 1. The molecule has 0 N–H and O–H groups in total. The van der Waals surface area contributed by atoms with E-state index in [2.05, 4.69) is 6.92 Å². The molecule has 3 fully saturated rings. The molecule has 3 saturated carbocycles. The highest BCUT2D eigenvalue weighted by molar-refractivity contribution is 5.86. The summed E-state index contributed by atoms with van der Waals surface area (Å²) in [7, 11) is 0. The van der Waals surface area contributed by atoms with Crippen molar-refractivity contribution in [3.05, 3.63) is 0 Å². The van der Waals surface area contributed by atoms with Gasteiger partial charge < -0.3 is 0 Å². The van der Waals surface area contributed by atoms with Crippen LogP contribution >= 0.6 is 0 Å². The smallest absolute Gasteiger partial charge is 0.136 e. The summed E-state index contributed by atoms with van der Waals surface area (Å²) in [6.45, 7) is 2.41. The molecule has 0 spiro atoms. The van der Waals surface area contributed by atoms with Gasteiger partial charge in [0.2, 0.25) is 0 Å². The minimum Gasteiger partial charge on any atom is -0.299 e. The van der Waals surface area contributed by atoms with E-state index in [0.717, 1.165) is 18.3 Å². The van der Waals surface area contributed by atoms with Crippen molar-refractivity contribution in [3.63, 3.8) is 0 Å². The van der Waals surface area contributed by atoms with E-state index in [1.807, 2.05) is 0 Å². The Bertz CT molecular complexity index is 309. The fourth-order valence-electron chi connectivity index (χ4n) is 5.18. The van der Waals surface area contributed by atoms with E-state index in [1.54, 1.807) is 0 Å². The molecule has 17 heavy (non-hydrogen) atoms. The van der Waals surface area contributed by atoms with Gasteiger partial charge in [0.25, 0.3) is 0 Å². The molecule has 3 aliphatic rings. The lowest BCUT2D eigenvalue weighted by molar-refractivity contribution is -0.144. The molecule has 96 valence electrons. The van der Waals surface area contributed by atoms with E-state index in [-0.39, 0.29) is 0 Å². The fraction of sp³-hybridized carbons (Fsp3) is 0.938. The predicted molar refractivity (Wildman–Crippen MR) is 69.8 cm³/mol. The largest absolute Gasteiger partial charge is 0.299 e.